The first kappa shape index (κ1) is 19.0. The summed E-state index contributed by atoms with van der Waals surface area (Å²) in [5.74, 6) is 0.665. The van der Waals surface area contributed by atoms with Crippen LogP contribution in [0.4, 0.5) is 5.69 Å². The standard InChI is InChI=1S/C19H23ClN2O3S/c1-22-12-10-19(11-13-22)25-18-8-6-17(7-9-18)21-26(23,24)14-15-2-4-16(20)5-3-15/h2-9,19,21H,10-14H2,1H3. The predicted molar refractivity (Wildman–Crippen MR) is 105 cm³/mol. The number of piperidine rings is 1. The third-order valence-corrected chi connectivity index (χ3v) is 5.88. The molecule has 1 aliphatic heterocycles. The van der Waals surface area contributed by atoms with E-state index in [4.69, 9.17) is 16.3 Å². The summed E-state index contributed by atoms with van der Waals surface area (Å²) >= 11 is 5.83. The third-order valence-electron chi connectivity index (χ3n) is 4.37. The minimum absolute atomic E-state index is 0.0992. The largest absolute Gasteiger partial charge is 0.490 e. The minimum atomic E-state index is -3.49. The highest BCUT2D eigenvalue weighted by atomic mass is 35.5. The smallest absolute Gasteiger partial charge is 0.236 e. The molecule has 1 heterocycles. The van der Waals surface area contributed by atoms with Gasteiger partial charge in [0.25, 0.3) is 0 Å². The molecule has 0 radical (unpaired) electrons. The van der Waals surface area contributed by atoms with Crippen molar-refractivity contribution in [1.82, 2.24) is 4.90 Å². The van der Waals surface area contributed by atoms with Crippen molar-refractivity contribution in [2.75, 3.05) is 24.9 Å². The molecule has 7 heteroatoms. The lowest BCUT2D eigenvalue weighted by atomic mass is 10.1. The molecule has 140 valence electrons. The lowest BCUT2D eigenvalue weighted by Crippen LogP contribution is -2.35. The van der Waals surface area contributed by atoms with Crippen LogP contribution < -0.4 is 9.46 Å². The molecule has 2 aromatic carbocycles. The van der Waals surface area contributed by atoms with Gasteiger partial charge in [0, 0.05) is 23.8 Å². The second-order valence-electron chi connectivity index (χ2n) is 6.63. The van der Waals surface area contributed by atoms with E-state index in [2.05, 4.69) is 16.7 Å². The fraction of sp³-hybridized carbons (Fsp3) is 0.368. The summed E-state index contributed by atoms with van der Waals surface area (Å²) in [6.07, 6.45) is 2.23. The normalized spacial score (nSPS) is 16.4. The third kappa shape index (κ3) is 5.62. The van der Waals surface area contributed by atoms with E-state index in [-0.39, 0.29) is 11.9 Å². The maximum Gasteiger partial charge on any atom is 0.236 e. The van der Waals surface area contributed by atoms with Crippen LogP contribution in [0, 0.1) is 0 Å². The summed E-state index contributed by atoms with van der Waals surface area (Å²) in [6.45, 7) is 2.07. The van der Waals surface area contributed by atoms with Gasteiger partial charge in [0.1, 0.15) is 11.9 Å². The Labute approximate surface area is 160 Å². The van der Waals surface area contributed by atoms with Crippen LogP contribution >= 0.6 is 11.6 Å². The number of likely N-dealkylation sites (tertiary alicyclic amines) is 1. The number of benzene rings is 2. The molecule has 0 bridgehead atoms. The van der Waals surface area contributed by atoms with Gasteiger partial charge in [-0.15, -0.1) is 0 Å². The molecule has 0 aromatic heterocycles. The summed E-state index contributed by atoms with van der Waals surface area (Å²) < 4.78 is 33.2. The highest BCUT2D eigenvalue weighted by molar-refractivity contribution is 7.91. The van der Waals surface area contributed by atoms with Gasteiger partial charge < -0.3 is 9.64 Å². The second kappa shape index (κ2) is 8.29. The molecular weight excluding hydrogens is 372 g/mol. The number of rotatable bonds is 6. The van der Waals surface area contributed by atoms with Gasteiger partial charge >= 0.3 is 0 Å². The molecule has 3 rings (SSSR count). The molecule has 0 amide bonds. The van der Waals surface area contributed by atoms with Crippen molar-refractivity contribution in [3.05, 3.63) is 59.1 Å². The summed E-state index contributed by atoms with van der Waals surface area (Å²) in [4.78, 5) is 2.29. The Balaban J connectivity index is 1.57. The summed E-state index contributed by atoms with van der Waals surface area (Å²) in [5, 5.41) is 0.583. The predicted octanol–water partition coefficient (Wildman–Crippen LogP) is 3.75. The molecule has 2 aromatic rings. The molecule has 26 heavy (non-hydrogen) atoms. The minimum Gasteiger partial charge on any atom is -0.490 e. The maximum absolute atomic E-state index is 12.3. The zero-order valence-electron chi connectivity index (χ0n) is 14.7. The van der Waals surface area contributed by atoms with Crippen molar-refractivity contribution in [2.24, 2.45) is 0 Å². The number of hydrogen-bond donors (Lipinski definition) is 1. The van der Waals surface area contributed by atoms with Gasteiger partial charge in [0.05, 0.1) is 5.75 Å². The summed E-state index contributed by atoms with van der Waals surface area (Å²) in [6, 6.07) is 13.8. The van der Waals surface area contributed by atoms with Gasteiger partial charge in [-0.05, 0) is 61.9 Å². The van der Waals surface area contributed by atoms with E-state index in [0.29, 0.717) is 16.3 Å². The molecule has 5 nitrogen and oxygen atoms in total. The highest BCUT2D eigenvalue weighted by Crippen LogP contribution is 2.22. The van der Waals surface area contributed by atoms with E-state index in [9.17, 15) is 8.42 Å². The average molecular weight is 395 g/mol. The van der Waals surface area contributed by atoms with Crippen LogP contribution in [0.5, 0.6) is 5.75 Å². The zero-order valence-corrected chi connectivity index (χ0v) is 16.3. The summed E-state index contributed by atoms with van der Waals surface area (Å²) in [5.41, 5.74) is 1.21. The Morgan fingerprint density at radius 1 is 1.08 bits per heavy atom. The van der Waals surface area contributed by atoms with Crippen LogP contribution in [0.2, 0.25) is 5.02 Å². The number of nitrogens with zero attached hydrogens (tertiary/aromatic N) is 1. The number of hydrogen-bond acceptors (Lipinski definition) is 4. The highest BCUT2D eigenvalue weighted by Gasteiger charge is 2.18. The van der Waals surface area contributed by atoms with Crippen LogP contribution in [0.1, 0.15) is 18.4 Å². The molecule has 0 atom stereocenters. The van der Waals surface area contributed by atoms with Gasteiger partial charge in [-0.3, -0.25) is 4.72 Å². The molecule has 0 spiro atoms. The first-order chi connectivity index (χ1) is 12.4. The van der Waals surface area contributed by atoms with E-state index in [0.717, 1.165) is 31.7 Å². The van der Waals surface area contributed by atoms with Crippen molar-refractivity contribution in [2.45, 2.75) is 24.7 Å². The Hall–Kier alpha value is -1.76. The van der Waals surface area contributed by atoms with Gasteiger partial charge in [-0.2, -0.15) is 0 Å². The molecule has 1 aliphatic rings. The second-order valence-corrected chi connectivity index (χ2v) is 8.79. The van der Waals surface area contributed by atoms with E-state index < -0.39 is 10.0 Å². The molecule has 0 saturated carbocycles. The van der Waals surface area contributed by atoms with Crippen molar-refractivity contribution in [1.29, 1.82) is 0 Å². The van der Waals surface area contributed by atoms with E-state index >= 15 is 0 Å². The lowest BCUT2D eigenvalue weighted by Gasteiger charge is -2.29. The molecule has 1 N–H and O–H groups in total. The quantitative estimate of drug-likeness (QED) is 0.810. The van der Waals surface area contributed by atoms with E-state index in [1.807, 2.05) is 0 Å². The van der Waals surface area contributed by atoms with Crippen molar-refractivity contribution in [3.8, 4) is 5.75 Å². The van der Waals surface area contributed by atoms with Gasteiger partial charge in [0.2, 0.25) is 10.0 Å². The van der Waals surface area contributed by atoms with Crippen molar-refractivity contribution in [3.63, 3.8) is 0 Å². The van der Waals surface area contributed by atoms with E-state index in [1.54, 1.807) is 48.5 Å². The Morgan fingerprint density at radius 2 is 1.69 bits per heavy atom. The number of halogens is 1. The fourth-order valence-corrected chi connectivity index (χ4v) is 4.24. The van der Waals surface area contributed by atoms with Crippen LogP contribution in [-0.4, -0.2) is 39.6 Å². The Morgan fingerprint density at radius 3 is 2.31 bits per heavy atom. The number of nitrogens with one attached hydrogen (secondary N) is 1. The molecule has 0 aliphatic carbocycles. The number of anilines is 1. The van der Waals surface area contributed by atoms with Crippen LogP contribution in [0.25, 0.3) is 0 Å². The monoisotopic (exact) mass is 394 g/mol. The van der Waals surface area contributed by atoms with Crippen LogP contribution in [-0.2, 0) is 15.8 Å². The average Bonchev–Trinajstić information content (AvgIpc) is 2.60. The number of sulfonamides is 1. The fourth-order valence-electron chi connectivity index (χ4n) is 2.91. The van der Waals surface area contributed by atoms with Crippen LogP contribution in [0.15, 0.2) is 48.5 Å². The van der Waals surface area contributed by atoms with Crippen molar-refractivity contribution >= 4 is 27.3 Å². The van der Waals surface area contributed by atoms with Crippen molar-refractivity contribution < 1.29 is 13.2 Å². The van der Waals surface area contributed by atoms with Gasteiger partial charge in [-0.25, -0.2) is 8.42 Å². The SMILES string of the molecule is CN1CCC(Oc2ccc(NS(=O)(=O)Cc3ccc(Cl)cc3)cc2)CC1. The lowest BCUT2D eigenvalue weighted by molar-refractivity contribution is 0.114. The topological polar surface area (TPSA) is 58.6 Å². The molecular formula is C19H23ClN2O3S. The molecule has 0 unspecified atom stereocenters. The Bertz CT molecular complexity index is 815. The first-order valence-corrected chi connectivity index (χ1v) is 10.6. The number of ether oxygens (including phenoxy) is 1. The Kier molecular flexibility index (Phi) is 6.06. The van der Waals surface area contributed by atoms with Gasteiger partial charge in [0.15, 0.2) is 0 Å². The summed E-state index contributed by atoms with van der Waals surface area (Å²) in [7, 11) is -1.37. The van der Waals surface area contributed by atoms with E-state index in [1.165, 1.54) is 0 Å². The zero-order chi connectivity index (χ0) is 18.6. The first-order valence-electron chi connectivity index (χ1n) is 8.60. The van der Waals surface area contributed by atoms with Gasteiger partial charge in [-0.1, -0.05) is 23.7 Å². The molecule has 1 saturated heterocycles. The maximum atomic E-state index is 12.3. The molecule has 1 fully saturated rings. The van der Waals surface area contributed by atoms with Crippen LogP contribution in [0.3, 0.4) is 0 Å².